The molecule has 2 aromatic carbocycles. The van der Waals surface area contributed by atoms with E-state index in [2.05, 4.69) is 22.0 Å². The molecule has 1 aliphatic rings. The van der Waals surface area contributed by atoms with E-state index in [1.807, 2.05) is 19.1 Å². The van der Waals surface area contributed by atoms with Gasteiger partial charge in [0.05, 0.1) is 20.3 Å². The number of halogens is 1. The summed E-state index contributed by atoms with van der Waals surface area (Å²) < 4.78 is 24.6. The topological polar surface area (TPSA) is 54.0 Å². The number of nitrogens with one attached hydrogen (secondary N) is 1. The number of hydrogen-bond acceptors (Lipinski definition) is 5. The molecule has 1 aliphatic heterocycles. The Balaban J connectivity index is 1.71. The van der Waals surface area contributed by atoms with Crippen LogP contribution in [-0.4, -0.2) is 57.8 Å². The number of benzene rings is 2. The first kappa shape index (κ1) is 23.6. The first-order valence-corrected chi connectivity index (χ1v) is 10.9. The van der Waals surface area contributed by atoms with Crippen molar-refractivity contribution in [2.24, 2.45) is 0 Å². The Kier molecular flexibility index (Phi) is 8.11. The summed E-state index contributed by atoms with van der Waals surface area (Å²) in [6, 6.07) is 9.86. The largest absolute Gasteiger partial charge is 0.497 e. The van der Waals surface area contributed by atoms with Crippen LogP contribution in [0.5, 0.6) is 11.5 Å². The van der Waals surface area contributed by atoms with Gasteiger partial charge in [-0.15, -0.1) is 0 Å². The molecule has 1 atom stereocenters. The second kappa shape index (κ2) is 11.0. The maximum Gasteiger partial charge on any atom is 0.244 e. The molecule has 1 fully saturated rings. The van der Waals surface area contributed by atoms with E-state index in [4.69, 9.17) is 9.47 Å². The number of likely N-dealkylation sites (N-methyl/N-ethyl adjacent to an activating group) is 1. The van der Waals surface area contributed by atoms with Crippen LogP contribution in [0.1, 0.15) is 31.0 Å². The van der Waals surface area contributed by atoms with Gasteiger partial charge in [-0.25, -0.2) is 4.39 Å². The van der Waals surface area contributed by atoms with Crippen molar-refractivity contribution in [2.45, 2.75) is 19.9 Å². The Morgan fingerprint density at radius 1 is 1.12 bits per heavy atom. The molecule has 7 heteroatoms. The van der Waals surface area contributed by atoms with E-state index >= 15 is 0 Å². The van der Waals surface area contributed by atoms with Gasteiger partial charge in [-0.05, 0) is 49.9 Å². The standard InChI is InChI=1S/C25H32FN3O3/c1-5-28-12-14-29(15-13-28)23-10-8-20(26)16-22(23)18(2)27-25(30)11-7-19-6-9-21(31-3)17-24(19)32-4/h6-11,16-18H,5,12-15H2,1-4H3,(H,27,30)/b11-7+. The first-order valence-electron chi connectivity index (χ1n) is 10.9. The quantitative estimate of drug-likeness (QED) is 0.631. The molecule has 0 bridgehead atoms. The molecule has 1 heterocycles. The zero-order chi connectivity index (χ0) is 23.1. The van der Waals surface area contributed by atoms with Gasteiger partial charge in [0.15, 0.2) is 0 Å². The van der Waals surface area contributed by atoms with Crippen LogP contribution in [0.3, 0.4) is 0 Å². The molecule has 1 amide bonds. The van der Waals surface area contributed by atoms with E-state index in [1.54, 1.807) is 32.4 Å². The van der Waals surface area contributed by atoms with Crippen LogP contribution in [-0.2, 0) is 4.79 Å². The van der Waals surface area contributed by atoms with Crippen LogP contribution >= 0.6 is 0 Å². The molecule has 0 radical (unpaired) electrons. The van der Waals surface area contributed by atoms with Gasteiger partial charge < -0.3 is 24.6 Å². The molecule has 32 heavy (non-hydrogen) atoms. The van der Waals surface area contributed by atoms with Gasteiger partial charge in [0.2, 0.25) is 5.91 Å². The number of anilines is 1. The zero-order valence-corrected chi connectivity index (χ0v) is 19.2. The maximum atomic E-state index is 14.1. The monoisotopic (exact) mass is 441 g/mol. The minimum Gasteiger partial charge on any atom is -0.497 e. The van der Waals surface area contributed by atoms with Crippen molar-refractivity contribution >= 4 is 17.7 Å². The molecule has 0 spiro atoms. The van der Waals surface area contributed by atoms with Gasteiger partial charge in [0.25, 0.3) is 0 Å². The van der Waals surface area contributed by atoms with Crippen LogP contribution in [0.4, 0.5) is 10.1 Å². The third-order valence-corrected chi connectivity index (χ3v) is 5.83. The zero-order valence-electron chi connectivity index (χ0n) is 19.2. The lowest BCUT2D eigenvalue weighted by Gasteiger charge is -2.37. The Morgan fingerprint density at radius 2 is 1.88 bits per heavy atom. The third kappa shape index (κ3) is 5.79. The molecule has 1 N–H and O–H groups in total. The SMILES string of the molecule is CCN1CCN(c2ccc(F)cc2C(C)NC(=O)/C=C/c2ccc(OC)cc2OC)CC1. The summed E-state index contributed by atoms with van der Waals surface area (Å²) in [5, 5.41) is 2.96. The van der Waals surface area contributed by atoms with Crippen molar-refractivity contribution in [3.8, 4) is 11.5 Å². The van der Waals surface area contributed by atoms with Crippen molar-refractivity contribution in [2.75, 3.05) is 51.8 Å². The molecule has 3 rings (SSSR count). The van der Waals surface area contributed by atoms with E-state index < -0.39 is 0 Å². The first-order chi connectivity index (χ1) is 15.4. The Labute approximate surface area is 189 Å². The Bertz CT molecular complexity index is 955. The highest BCUT2D eigenvalue weighted by Crippen LogP contribution is 2.29. The van der Waals surface area contributed by atoms with Crippen molar-refractivity contribution in [3.05, 3.63) is 59.4 Å². The summed E-state index contributed by atoms with van der Waals surface area (Å²) in [6.45, 7) is 8.77. The van der Waals surface area contributed by atoms with Gasteiger partial charge in [-0.3, -0.25) is 4.79 Å². The van der Waals surface area contributed by atoms with E-state index in [1.165, 1.54) is 18.2 Å². The normalized spacial score (nSPS) is 15.6. The predicted octanol–water partition coefficient (Wildman–Crippen LogP) is 3.88. The highest BCUT2D eigenvalue weighted by Gasteiger charge is 2.21. The molecule has 2 aromatic rings. The average Bonchev–Trinajstić information content (AvgIpc) is 2.82. The van der Waals surface area contributed by atoms with Gasteiger partial charge >= 0.3 is 0 Å². The molecule has 1 unspecified atom stereocenters. The molecule has 6 nitrogen and oxygen atoms in total. The van der Waals surface area contributed by atoms with E-state index in [0.717, 1.165) is 49.5 Å². The summed E-state index contributed by atoms with van der Waals surface area (Å²) in [6.07, 6.45) is 3.15. The van der Waals surface area contributed by atoms with Gasteiger partial charge in [-0.2, -0.15) is 0 Å². The van der Waals surface area contributed by atoms with Crippen LogP contribution < -0.4 is 19.7 Å². The van der Waals surface area contributed by atoms with E-state index in [0.29, 0.717) is 11.5 Å². The summed E-state index contributed by atoms with van der Waals surface area (Å²) in [4.78, 5) is 17.3. The highest BCUT2D eigenvalue weighted by atomic mass is 19.1. The van der Waals surface area contributed by atoms with Crippen molar-refractivity contribution in [3.63, 3.8) is 0 Å². The van der Waals surface area contributed by atoms with Crippen LogP contribution in [0, 0.1) is 5.82 Å². The fraction of sp³-hybridized carbons (Fsp3) is 0.400. The lowest BCUT2D eigenvalue weighted by atomic mass is 10.0. The molecule has 172 valence electrons. The fourth-order valence-electron chi connectivity index (χ4n) is 3.93. The number of carbonyl (C=O) groups is 1. The second-order valence-electron chi connectivity index (χ2n) is 7.80. The fourth-order valence-corrected chi connectivity index (χ4v) is 3.93. The van der Waals surface area contributed by atoms with E-state index in [9.17, 15) is 9.18 Å². The number of rotatable bonds is 8. The number of nitrogens with zero attached hydrogens (tertiary/aromatic N) is 2. The predicted molar refractivity (Wildman–Crippen MR) is 126 cm³/mol. The number of piperazine rings is 1. The summed E-state index contributed by atoms with van der Waals surface area (Å²) >= 11 is 0. The number of ether oxygens (including phenoxy) is 2. The number of amides is 1. The van der Waals surface area contributed by atoms with Gasteiger partial charge in [0.1, 0.15) is 17.3 Å². The molecular weight excluding hydrogens is 409 g/mol. The number of methoxy groups -OCH3 is 2. The lowest BCUT2D eigenvalue weighted by Crippen LogP contribution is -2.46. The van der Waals surface area contributed by atoms with Crippen molar-refractivity contribution < 1.29 is 18.7 Å². The minimum absolute atomic E-state index is 0.263. The maximum absolute atomic E-state index is 14.1. The van der Waals surface area contributed by atoms with Gasteiger partial charge in [0, 0.05) is 55.1 Å². The number of carbonyl (C=O) groups excluding carboxylic acids is 1. The molecule has 1 saturated heterocycles. The van der Waals surface area contributed by atoms with Crippen LogP contribution in [0.2, 0.25) is 0 Å². The molecule has 0 aliphatic carbocycles. The third-order valence-electron chi connectivity index (χ3n) is 5.83. The van der Waals surface area contributed by atoms with Crippen molar-refractivity contribution in [1.29, 1.82) is 0 Å². The minimum atomic E-state index is -0.347. The average molecular weight is 442 g/mol. The summed E-state index contributed by atoms with van der Waals surface area (Å²) in [5.74, 6) is 0.715. The molecular formula is C25H32FN3O3. The summed E-state index contributed by atoms with van der Waals surface area (Å²) in [7, 11) is 3.16. The van der Waals surface area contributed by atoms with Crippen LogP contribution in [0.25, 0.3) is 6.08 Å². The van der Waals surface area contributed by atoms with E-state index in [-0.39, 0.29) is 17.8 Å². The Hall–Kier alpha value is -3.06. The molecule has 0 aromatic heterocycles. The Morgan fingerprint density at radius 3 is 2.53 bits per heavy atom. The number of hydrogen-bond donors (Lipinski definition) is 1. The van der Waals surface area contributed by atoms with Crippen molar-refractivity contribution in [1.82, 2.24) is 10.2 Å². The highest BCUT2D eigenvalue weighted by molar-refractivity contribution is 5.92. The van der Waals surface area contributed by atoms with Gasteiger partial charge in [-0.1, -0.05) is 6.92 Å². The molecule has 0 saturated carbocycles. The lowest BCUT2D eigenvalue weighted by molar-refractivity contribution is -0.117. The van der Waals surface area contributed by atoms with Crippen LogP contribution in [0.15, 0.2) is 42.5 Å². The summed E-state index contributed by atoms with van der Waals surface area (Å²) in [5.41, 5.74) is 2.51. The smallest absolute Gasteiger partial charge is 0.244 e. The second-order valence-corrected chi connectivity index (χ2v) is 7.80.